The largest absolute Gasteiger partial charge is 0.485 e. The van der Waals surface area contributed by atoms with Gasteiger partial charge in [-0.25, -0.2) is 4.39 Å². The molecule has 2 aromatic rings. The summed E-state index contributed by atoms with van der Waals surface area (Å²) in [5, 5.41) is 8.93. The first-order valence-electron chi connectivity index (χ1n) is 5.62. The Morgan fingerprint density at radius 2 is 1.89 bits per heavy atom. The van der Waals surface area contributed by atoms with E-state index in [2.05, 4.69) is 0 Å². The number of ether oxygens (including phenoxy) is 1. The molecule has 0 radical (unpaired) electrons. The molecular formula is C15H12FNO. The Kier molecular flexibility index (Phi) is 3.59. The van der Waals surface area contributed by atoms with Crippen molar-refractivity contribution >= 4 is 0 Å². The van der Waals surface area contributed by atoms with Crippen molar-refractivity contribution in [2.24, 2.45) is 0 Å². The number of benzene rings is 2. The second-order valence-electron chi connectivity index (χ2n) is 3.92. The van der Waals surface area contributed by atoms with Gasteiger partial charge in [0.25, 0.3) is 0 Å². The Hall–Kier alpha value is -2.34. The first-order chi connectivity index (χ1) is 8.70. The summed E-state index contributed by atoms with van der Waals surface area (Å²) in [6.45, 7) is 1.89. The SMILES string of the molecule is CC(Oc1ccc(F)cc1C#N)c1ccccc1. The minimum Gasteiger partial charge on any atom is -0.485 e. The Morgan fingerprint density at radius 1 is 1.17 bits per heavy atom. The molecular weight excluding hydrogens is 229 g/mol. The van der Waals surface area contributed by atoms with Gasteiger partial charge in [-0.1, -0.05) is 30.3 Å². The monoisotopic (exact) mass is 241 g/mol. The van der Waals surface area contributed by atoms with Gasteiger partial charge in [0.15, 0.2) is 0 Å². The summed E-state index contributed by atoms with van der Waals surface area (Å²) < 4.78 is 18.7. The molecule has 3 heteroatoms. The van der Waals surface area contributed by atoms with Gasteiger partial charge >= 0.3 is 0 Å². The number of nitrogens with zero attached hydrogens (tertiary/aromatic N) is 1. The van der Waals surface area contributed by atoms with Crippen molar-refractivity contribution in [2.45, 2.75) is 13.0 Å². The molecule has 2 aromatic carbocycles. The quantitative estimate of drug-likeness (QED) is 0.818. The molecule has 0 bridgehead atoms. The molecule has 18 heavy (non-hydrogen) atoms. The lowest BCUT2D eigenvalue weighted by atomic mass is 10.1. The van der Waals surface area contributed by atoms with Gasteiger partial charge in [0.05, 0.1) is 5.56 Å². The zero-order valence-electron chi connectivity index (χ0n) is 9.93. The zero-order valence-corrected chi connectivity index (χ0v) is 9.93. The number of hydrogen-bond acceptors (Lipinski definition) is 2. The molecule has 0 saturated carbocycles. The van der Waals surface area contributed by atoms with E-state index < -0.39 is 5.82 Å². The van der Waals surface area contributed by atoms with Gasteiger partial charge in [-0.2, -0.15) is 5.26 Å². The molecule has 0 aliphatic rings. The van der Waals surface area contributed by atoms with Crippen LogP contribution in [-0.4, -0.2) is 0 Å². The minimum atomic E-state index is -0.439. The van der Waals surface area contributed by atoms with E-state index in [9.17, 15) is 4.39 Å². The van der Waals surface area contributed by atoms with Gasteiger partial charge in [-0.3, -0.25) is 0 Å². The lowest BCUT2D eigenvalue weighted by Crippen LogP contribution is -2.04. The van der Waals surface area contributed by atoms with Gasteiger partial charge < -0.3 is 4.74 Å². The van der Waals surface area contributed by atoms with E-state index in [-0.39, 0.29) is 11.7 Å². The number of halogens is 1. The van der Waals surface area contributed by atoms with Crippen molar-refractivity contribution in [2.75, 3.05) is 0 Å². The van der Waals surface area contributed by atoms with Crippen LogP contribution >= 0.6 is 0 Å². The van der Waals surface area contributed by atoms with Crippen LogP contribution in [0.25, 0.3) is 0 Å². The third-order valence-corrected chi connectivity index (χ3v) is 2.63. The molecule has 90 valence electrons. The lowest BCUT2D eigenvalue weighted by Gasteiger charge is -2.15. The molecule has 0 N–H and O–H groups in total. The van der Waals surface area contributed by atoms with Gasteiger partial charge in [-0.15, -0.1) is 0 Å². The number of hydrogen-bond donors (Lipinski definition) is 0. The van der Waals surface area contributed by atoms with E-state index in [0.717, 1.165) is 5.56 Å². The van der Waals surface area contributed by atoms with Crippen LogP contribution in [0.4, 0.5) is 4.39 Å². The highest BCUT2D eigenvalue weighted by Gasteiger charge is 2.10. The molecule has 1 unspecified atom stereocenters. The third-order valence-electron chi connectivity index (χ3n) is 2.63. The summed E-state index contributed by atoms with van der Waals surface area (Å²) in [6.07, 6.45) is -0.191. The van der Waals surface area contributed by atoms with Crippen LogP contribution in [0.2, 0.25) is 0 Å². The second-order valence-corrected chi connectivity index (χ2v) is 3.92. The Balaban J connectivity index is 2.22. The molecule has 0 fully saturated rings. The molecule has 0 spiro atoms. The molecule has 1 atom stereocenters. The van der Waals surface area contributed by atoms with Crippen molar-refractivity contribution in [3.8, 4) is 11.8 Å². The van der Waals surface area contributed by atoms with Gasteiger partial charge in [0.1, 0.15) is 23.7 Å². The van der Waals surface area contributed by atoms with Gasteiger partial charge in [-0.05, 0) is 30.7 Å². The zero-order chi connectivity index (χ0) is 13.0. The van der Waals surface area contributed by atoms with Crippen molar-refractivity contribution in [1.82, 2.24) is 0 Å². The van der Waals surface area contributed by atoms with Crippen LogP contribution in [0.1, 0.15) is 24.2 Å². The lowest BCUT2D eigenvalue weighted by molar-refractivity contribution is 0.226. The predicted molar refractivity (Wildman–Crippen MR) is 66.6 cm³/mol. The fourth-order valence-electron chi connectivity index (χ4n) is 1.67. The van der Waals surface area contributed by atoms with Crippen LogP contribution in [0.15, 0.2) is 48.5 Å². The maximum Gasteiger partial charge on any atom is 0.138 e. The standard InChI is InChI=1S/C15H12FNO/c1-11(12-5-3-2-4-6-12)18-15-8-7-14(16)9-13(15)10-17/h2-9,11H,1H3. The van der Waals surface area contributed by atoms with Crippen LogP contribution in [-0.2, 0) is 0 Å². The van der Waals surface area contributed by atoms with Gasteiger partial charge in [0, 0.05) is 0 Å². The Labute approximate surface area is 105 Å². The highest BCUT2D eigenvalue weighted by molar-refractivity contribution is 5.43. The summed E-state index contributed by atoms with van der Waals surface area (Å²) >= 11 is 0. The fraction of sp³-hybridized carbons (Fsp3) is 0.133. The first-order valence-corrected chi connectivity index (χ1v) is 5.62. The van der Waals surface area contributed by atoms with E-state index in [4.69, 9.17) is 10.00 Å². The van der Waals surface area contributed by atoms with E-state index in [1.54, 1.807) is 0 Å². The van der Waals surface area contributed by atoms with E-state index in [1.165, 1.54) is 18.2 Å². The summed E-state index contributed by atoms with van der Waals surface area (Å²) in [5.41, 5.74) is 1.21. The molecule has 0 aliphatic carbocycles. The van der Waals surface area contributed by atoms with Crippen molar-refractivity contribution < 1.29 is 9.13 Å². The summed E-state index contributed by atoms with van der Waals surface area (Å²) in [5.74, 6) is -0.0403. The topological polar surface area (TPSA) is 33.0 Å². The van der Waals surface area contributed by atoms with Crippen molar-refractivity contribution in [1.29, 1.82) is 5.26 Å². The highest BCUT2D eigenvalue weighted by Crippen LogP contribution is 2.25. The van der Waals surface area contributed by atoms with E-state index >= 15 is 0 Å². The van der Waals surface area contributed by atoms with Crippen LogP contribution in [0, 0.1) is 17.1 Å². The predicted octanol–water partition coefficient (Wildman–Crippen LogP) is 3.84. The highest BCUT2D eigenvalue weighted by atomic mass is 19.1. The van der Waals surface area contributed by atoms with Gasteiger partial charge in [0.2, 0.25) is 0 Å². The summed E-state index contributed by atoms with van der Waals surface area (Å²) in [7, 11) is 0. The fourth-order valence-corrected chi connectivity index (χ4v) is 1.67. The molecule has 0 amide bonds. The maximum absolute atomic E-state index is 13.0. The van der Waals surface area contributed by atoms with E-state index in [0.29, 0.717) is 5.75 Å². The Morgan fingerprint density at radius 3 is 2.56 bits per heavy atom. The normalized spacial score (nSPS) is 11.6. The second kappa shape index (κ2) is 5.33. The minimum absolute atomic E-state index is 0.191. The molecule has 2 nitrogen and oxygen atoms in total. The number of nitriles is 1. The van der Waals surface area contributed by atoms with Crippen LogP contribution < -0.4 is 4.74 Å². The smallest absolute Gasteiger partial charge is 0.138 e. The summed E-state index contributed by atoms with van der Waals surface area (Å²) in [6, 6.07) is 15.5. The molecule has 0 saturated heterocycles. The Bertz CT molecular complexity index is 575. The molecule has 0 aliphatic heterocycles. The molecule has 0 heterocycles. The first kappa shape index (κ1) is 12.1. The molecule has 2 rings (SSSR count). The van der Waals surface area contributed by atoms with E-state index in [1.807, 2.05) is 43.3 Å². The molecule has 0 aromatic heterocycles. The van der Waals surface area contributed by atoms with Crippen LogP contribution in [0.3, 0.4) is 0 Å². The number of rotatable bonds is 3. The average Bonchev–Trinajstić information content (AvgIpc) is 2.41. The third kappa shape index (κ3) is 2.67. The summed E-state index contributed by atoms with van der Waals surface area (Å²) in [4.78, 5) is 0. The van der Waals surface area contributed by atoms with Crippen molar-refractivity contribution in [3.63, 3.8) is 0 Å². The average molecular weight is 241 g/mol. The maximum atomic E-state index is 13.0. The van der Waals surface area contributed by atoms with Crippen molar-refractivity contribution in [3.05, 3.63) is 65.5 Å². The van der Waals surface area contributed by atoms with Crippen LogP contribution in [0.5, 0.6) is 5.75 Å².